The van der Waals surface area contributed by atoms with Gasteiger partial charge >= 0.3 is 0 Å². The normalized spacial score (nSPS) is 23.5. The molecule has 2 aliphatic rings. The second-order valence-electron chi connectivity index (χ2n) is 6.61. The minimum atomic E-state index is -2.79. The average molecular weight is 333 g/mol. The monoisotopic (exact) mass is 333 g/mol. The van der Waals surface area contributed by atoms with Gasteiger partial charge < -0.3 is 10.1 Å². The molecular formula is C20H25F2NO. The lowest BCUT2D eigenvalue weighted by Crippen LogP contribution is -2.25. The van der Waals surface area contributed by atoms with E-state index in [9.17, 15) is 0 Å². The van der Waals surface area contributed by atoms with Crippen LogP contribution in [0.4, 0.5) is 8.78 Å². The molecule has 0 saturated carbocycles. The van der Waals surface area contributed by atoms with Crippen molar-refractivity contribution in [2.75, 3.05) is 20.2 Å². The van der Waals surface area contributed by atoms with Crippen molar-refractivity contribution in [3.8, 4) is 0 Å². The number of halogens is 2. The Morgan fingerprint density at radius 1 is 1.25 bits per heavy atom. The highest BCUT2D eigenvalue weighted by Crippen LogP contribution is 2.51. The van der Waals surface area contributed by atoms with Gasteiger partial charge in [0, 0.05) is 12.0 Å². The highest BCUT2D eigenvalue weighted by molar-refractivity contribution is 5.54. The van der Waals surface area contributed by atoms with Gasteiger partial charge in [-0.1, -0.05) is 24.3 Å². The van der Waals surface area contributed by atoms with Crippen LogP contribution in [0.3, 0.4) is 0 Å². The summed E-state index contributed by atoms with van der Waals surface area (Å²) in [6.07, 6.45) is 5.11. The molecule has 2 nitrogen and oxygen atoms in total. The van der Waals surface area contributed by atoms with E-state index in [1.54, 1.807) is 20.1 Å². The fourth-order valence-corrected chi connectivity index (χ4v) is 4.03. The first-order valence-corrected chi connectivity index (χ1v) is 8.59. The predicted octanol–water partition coefficient (Wildman–Crippen LogP) is 4.15. The maximum Gasteiger partial charge on any atom is 0.263 e. The summed E-state index contributed by atoms with van der Waals surface area (Å²) in [5.41, 5.74) is 4.54. The highest BCUT2D eigenvalue weighted by Gasteiger charge is 2.50. The Kier molecular flexibility index (Phi) is 4.77. The Morgan fingerprint density at radius 2 is 1.96 bits per heavy atom. The van der Waals surface area contributed by atoms with E-state index in [1.165, 1.54) is 5.56 Å². The van der Waals surface area contributed by atoms with E-state index in [2.05, 4.69) is 5.32 Å². The van der Waals surface area contributed by atoms with E-state index < -0.39 is 11.8 Å². The number of ether oxygens (including phenoxy) is 1. The van der Waals surface area contributed by atoms with Crippen LogP contribution in [-0.2, 0) is 24.0 Å². The molecule has 0 amide bonds. The Bertz CT molecular complexity index is 691. The van der Waals surface area contributed by atoms with Gasteiger partial charge in [0.05, 0.1) is 18.8 Å². The van der Waals surface area contributed by atoms with Crippen molar-refractivity contribution < 1.29 is 13.5 Å². The van der Waals surface area contributed by atoms with Gasteiger partial charge in [-0.05, 0) is 62.0 Å². The van der Waals surface area contributed by atoms with E-state index in [-0.39, 0.29) is 6.42 Å². The van der Waals surface area contributed by atoms with Crippen molar-refractivity contribution in [3.05, 3.63) is 57.9 Å². The molecule has 1 aromatic rings. The Labute approximate surface area is 142 Å². The lowest BCUT2D eigenvalue weighted by atomic mass is 9.84. The van der Waals surface area contributed by atoms with Crippen LogP contribution in [0, 0.1) is 0 Å². The Hall–Kier alpha value is -1.68. The molecule has 1 aromatic carbocycles. The second kappa shape index (κ2) is 6.67. The van der Waals surface area contributed by atoms with Crippen LogP contribution < -0.4 is 5.32 Å². The number of hydrogen-bond acceptors (Lipinski definition) is 2. The van der Waals surface area contributed by atoms with Crippen molar-refractivity contribution in [2.45, 2.75) is 45.0 Å². The van der Waals surface area contributed by atoms with Crippen LogP contribution in [0.2, 0.25) is 0 Å². The number of fused-ring (bicyclic) bond motifs is 3. The Morgan fingerprint density at radius 3 is 2.67 bits per heavy atom. The molecule has 1 unspecified atom stereocenters. The average Bonchev–Trinajstić information content (AvgIpc) is 2.71. The topological polar surface area (TPSA) is 21.3 Å². The minimum Gasteiger partial charge on any atom is -0.501 e. The van der Waals surface area contributed by atoms with Gasteiger partial charge in [0.15, 0.2) is 0 Å². The predicted molar refractivity (Wildman–Crippen MR) is 92.6 cm³/mol. The molecule has 0 saturated heterocycles. The van der Waals surface area contributed by atoms with E-state index in [4.69, 9.17) is 4.74 Å². The van der Waals surface area contributed by atoms with Crippen molar-refractivity contribution in [3.63, 3.8) is 0 Å². The van der Waals surface area contributed by atoms with Gasteiger partial charge in [-0.25, -0.2) is 8.78 Å². The zero-order valence-corrected chi connectivity index (χ0v) is 14.6. The molecular weight excluding hydrogens is 308 g/mol. The zero-order valence-electron chi connectivity index (χ0n) is 14.6. The smallest absolute Gasteiger partial charge is 0.263 e. The van der Waals surface area contributed by atoms with Crippen LogP contribution >= 0.6 is 0 Å². The quantitative estimate of drug-likeness (QED) is 0.663. The molecule has 1 aliphatic heterocycles. The molecule has 24 heavy (non-hydrogen) atoms. The SMILES string of the molecule is CC=CC(=C(C)OC)C1c2c(ccc3c2CCNCC3)CC1(F)F. The summed E-state index contributed by atoms with van der Waals surface area (Å²) in [5, 5.41) is 3.37. The second-order valence-corrected chi connectivity index (χ2v) is 6.61. The maximum absolute atomic E-state index is 15.0. The van der Waals surface area contributed by atoms with Crippen LogP contribution in [0.15, 0.2) is 35.6 Å². The molecule has 3 rings (SSSR count). The van der Waals surface area contributed by atoms with Crippen molar-refractivity contribution in [1.29, 1.82) is 0 Å². The third-order valence-electron chi connectivity index (χ3n) is 5.17. The highest BCUT2D eigenvalue weighted by atomic mass is 19.3. The molecule has 1 N–H and O–H groups in total. The van der Waals surface area contributed by atoms with Crippen LogP contribution in [0.1, 0.15) is 42.0 Å². The number of rotatable bonds is 3. The summed E-state index contributed by atoms with van der Waals surface area (Å²) >= 11 is 0. The molecule has 1 aliphatic carbocycles. The number of alkyl halides is 2. The lowest BCUT2D eigenvalue weighted by molar-refractivity contribution is -0.00511. The largest absolute Gasteiger partial charge is 0.501 e. The van der Waals surface area contributed by atoms with Gasteiger partial charge in [0.2, 0.25) is 0 Å². The van der Waals surface area contributed by atoms with Crippen LogP contribution in [-0.4, -0.2) is 26.1 Å². The minimum absolute atomic E-state index is 0.189. The van der Waals surface area contributed by atoms with Gasteiger partial charge in [0.1, 0.15) is 0 Å². The summed E-state index contributed by atoms with van der Waals surface area (Å²) in [5.74, 6) is -3.14. The first-order chi connectivity index (χ1) is 11.5. The van der Waals surface area contributed by atoms with E-state index in [1.807, 2.05) is 25.1 Å². The standard InChI is InChI=1S/C20H25F2NO/c1-4-5-16(13(2)24-3)19-18-15(12-20(19,21)22)7-6-14-8-10-23-11-9-17(14)18/h4-7,19,23H,8-12H2,1-3H3. The van der Waals surface area contributed by atoms with E-state index in [0.29, 0.717) is 11.3 Å². The maximum atomic E-state index is 15.0. The molecule has 4 heteroatoms. The first kappa shape index (κ1) is 17.2. The van der Waals surface area contributed by atoms with E-state index in [0.717, 1.165) is 42.6 Å². The number of hydrogen-bond donors (Lipinski definition) is 1. The third kappa shape index (κ3) is 2.88. The molecule has 0 radical (unpaired) electrons. The van der Waals surface area contributed by atoms with E-state index >= 15 is 8.78 Å². The molecule has 0 aromatic heterocycles. The van der Waals surface area contributed by atoms with Crippen molar-refractivity contribution in [2.24, 2.45) is 0 Å². The van der Waals surface area contributed by atoms with Crippen LogP contribution in [0.25, 0.3) is 0 Å². The third-order valence-corrected chi connectivity index (χ3v) is 5.17. The lowest BCUT2D eigenvalue weighted by Gasteiger charge is -2.25. The fourth-order valence-electron chi connectivity index (χ4n) is 4.03. The number of nitrogens with one attached hydrogen (secondary N) is 1. The molecule has 130 valence electrons. The van der Waals surface area contributed by atoms with Crippen LogP contribution in [0.5, 0.6) is 0 Å². The molecule has 0 fully saturated rings. The number of benzene rings is 1. The summed E-state index contributed by atoms with van der Waals surface area (Å²) in [6.45, 7) is 5.37. The first-order valence-electron chi connectivity index (χ1n) is 8.59. The summed E-state index contributed by atoms with van der Waals surface area (Å²) in [6, 6.07) is 3.95. The zero-order chi connectivity index (χ0) is 17.3. The number of methoxy groups -OCH3 is 1. The fraction of sp³-hybridized carbons (Fsp3) is 0.500. The van der Waals surface area contributed by atoms with Gasteiger partial charge in [-0.15, -0.1) is 0 Å². The van der Waals surface area contributed by atoms with Gasteiger partial charge in [-0.3, -0.25) is 0 Å². The molecule has 1 heterocycles. The van der Waals surface area contributed by atoms with Crippen molar-refractivity contribution >= 4 is 0 Å². The van der Waals surface area contributed by atoms with Crippen molar-refractivity contribution in [1.82, 2.24) is 5.32 Å². The Balaban J connectivity index is 2.22. The van der Waals surface area contributed by atoms with Gasteiger partial charge in [0.25, 0.3) is 5.92 Å². The summed E-state index contributed by atoms with van der Waals surface area (Å²) in [4.78, 5) is 0. The summed E-state index contributed by atoms with van der Waals surface area (Å²) < 4.78 is 35.3. The van der Waals surface area contributed by atoms with Gasteiger partial charge in [-0.2, -0.15) is 0 Å². The molecule has 0 spiro atoms. The number of allylic oxidation sites excluding steroid dienone is 4. The summed E-state index contributed by atoms with van der Waals surface area (Å²) in [7, 11) is 1.54. The molecule has 1 atom stereocenters. The molecule has 0 bridgehead atoms.